The van der Waals surface area contributed by atoms with Crippen LogP contribution >= 0.6 is 0 Å². The first-order chi connectivity index (χ1) is 15.1. The minimum atomic E-state index is -0.303. The predicted molar refractivity (Wildman–Crippen MR) is 119 cm³/mol. The average molecular weight is 424 g/mol. The van der Waals surface area contributed by atoms with Crippen LogP contribution in [0.1, 0.15) is 12.5 Å². The summed E-state index contributed by atoms with van der Waals surface area (Å²) in [7, 11) is 4.70. The second-order valence-corrected chi connectivity index (χ2v) is 6.27. The first-order valence-corrected chi connectivity index (χ1v) is 9.51. The fraction of sp³-hybridized carbons (Fsp3) is 0.227. The van der Waals surface area contributed by atoms with Crippen molar-refractivity contribution in [2.75, 3.05) is 33.4 Å². The summed E-state index contributed by atoms with van der Waals surface area (Å²) in [5.41, 5.74) is 4.44. The highest BCUT2D eigenvalue weighted by molar-refractivity contribution is 5.83. The van der Waals surface area contributed by atoms with Crippen LogP contribution in [0.5, 0.6) is 23.0 Å². The van der Waals surface area contributed by atoms with Crippen molar-refractivity contribution >= 4 is 12.2 Å². The quantitative estimate of drug-likeness (QED) is 0.401. The van der Waals surface area contributed by atoms with E-state index in [1.54, 1.807) is 51.8 Å². The SMILES string of the molecule is CCOc1c(OC)cc(/C=N\Nc2nc(-c3ccc(OC)cc3)cc(=O)[nH]2)cc1OC. The van der Waals surface area contributed by atoms with E-state index < -0.39 is 0 Å². The molecule has 1 heterocycles. The van der Waals surface area contributed by atoms with E-state index in [4.69, 9.17) is 18.9 Å². The van der Waals surface area contributed by atoms with E-state index in [9.17, 15) is 4.79 Å². The molecule has 0 radical (unpaired) electrons. The molecular weight excluding hydrogens is 400 g/mol. The van der Waals surface area contributed by atoms with Crippen molar-refractivity contribution in [2.45, 2.75) is 6.92 Å². The van der Waals surface area contributed by atoms with Crippen molar-refractivity contribution in [3.8, 4) is 34.3 Å². The third kappa shape index (κ3) is 5.33. The van der Waals surface area contributed by atoms with E-state index in [0.717, 1.165) is 11.3 Å². The lowest BCUT2D eigenvalue weighted by Gasteiger charge is -2.14. The fourth-order valence-corrected chi connectivity index (χ4v) is 2.85. The summed E-state index contributed by atoms with van der Waals surface area (Å²) < 4.78 is 21.5. The van der Waals surface area contributed by atoms with Gasteiger partial charge >= 0.3 is 0 Å². The van der Waals surface area contributed by atoms with Crippen LogP contribution in [-0.2, 0) is 0 Å². The highest BCUT2D eigenvalue weighted by Crippen LogP contribution is 2.38. The zero-order valence-corrected chi connectivity index (χ0v) is 17.8. The Kier molecular flexibility index (Phi) is 7.10. The largest absolute Gasteiger partial charge is 0.497 e. The molecule has 1 aromatic heterocycles. The van der Waals surface area contributed by atoms with Gasteiger partial charge < -0.3 is 18.9 Å². The van der Waals surface area contributed by atoms with Crippen molar-refractivity contribution in [2.24, 2.45) is 5.10 Å². The number of hydrogen-bond donors (Lipinski definition) is 2. The van der Waals surface area contributed by atoms with Crippen LogP contribution in [0, 0.1) is 0 Å². The monoisotopic (exact) mass is 424 g/mol. The summed E-state index contributed by atoms with van der Waals surface area (Å²) in [4.78, 5) is 19.1. The van der Waals surface area contributed by atoms with Gasteiger partial charge in [0.2, 0.25) is 11.7 Å². The molecular formula is C22H24N4O5. The summed E-state index contributed by atoms with van der Waals surface area (Å²) >= 11 is 0. The number of hydrogen-bond acceptors (Lipinski definition) is 8. The van der Waals surface area contributed by atoms with Crippen molar-refractivity contribution in [1.82, 2.24) is 9.97 Å². The molecule has 0 spiro atoms. The number of nitrogens with one attached hydrogen (secondary N) is 2. The molecule has 0 unspecified atom stereocenters. The van der Waals surface area contributed by atoms with Gasteiger partial charge in [-0.05, 0) is 43.3 Å². The summed E-state index contributed by atoms with van der Waals surface area (Å²) in [6.07, 6.45) is 1.56. The van der Waals surface area contributed by atoms with Crippen LogP contribution in [0.4, 0.5) is 5.95 Å². The number of H-pyrrole nitrogens is 1. The molecule has 9 heteroatoms. The molecule has 3 aromatic rings. The second kappa shape index (κ2) is 10.1. The first-order valence-electron chi connectivity index (χ1n) is 9.51. The van der Waals surface area contributed by atoms with Crippen LogP contribution in [0.2, 0.25) is 0 Å². The Morgan fingerprint density at radius 1 is 1.03 bits per heavy atom. The second-order valence-electron chi connectivity index (χ2n) is 6.27. The van der Waals surface area contributed by atoms with E-state index in [1.807, 2.05) is 19.1 Å². The summed E-state index contributed by atoms with van der Waals surface area (Å²) in [5, 5.41) is 4.16. The summed E-state index contributed by atoms with van der Waals surface area (Å²) in [6.45, 7) is 2.36. The number of rotatable bonds is 9. The van der Waals surface area contributed by atoms with Gasteiger partial charge in [0.15, 0.2) is 11.5 Å². The minimum Gasteiger partial charge on any atom is -0.497 e. The van der Waals surface area contributed by atoms with Gasteiger partial charge in [0, 0.05) is 17.2 Å². The Morgan fingerprint density at radius 2 is 1.71 bits per heavy atom. The maximum Gasteiger partial charge on any atom is 0.252 e. The lowest BCUT2D eigenvalue weighted by atomic mass is 10.1. The highest BCUT2D eigenvalue weighted by atomic mass is 16.5. The predicted octanol–water partition coefficient (Wildman–Crippen LogP) is 3.31. The van der Waals surface area contributed by atoms with Crippen LogP contribution < -0.4 is 29.9 Å². The number of hydrazone groups is 1. The van der Waals surface area contributed by atoms with Crippen LogP contribution in [0.25, 0.3) is 11.3 Å². The molecule has 2 aromatic carbocycles. The molecule has 0 atom stereocenters. The number of aromatic nitrogens is 2. The molecule has 2 N–H and O–H groups in total. The standard InChI is InChI=1S/C22H24N4O5/c1-5-31-21-18(29-3)10-14(11-19(21)30-4)13-23-26-22-24-17(12-20(27)25-22)15-6-8-16(28-2)9-7-15/h6-13H,5H2,1-4H3,(H2,24,25,26,27)/b23-13-. The molecule has 0 fully saturated rings. The Hall–Kier alpha value is -4.01. The molecule has 0 amide bonds. The number of aromatic amines is 1. The molecule has 31 heavy (non-hydrogen) atoms. The molecule has 0 saturated heterocycles. The van der Waals surface area contributed by atoms with Gasteiger partial charge in [0.05, 0.1) is 39.8 Å². The Balaban J connectivity index is 1.82. The Morgan fingerprint density at radius 3 is 2.29 bits per heavy atom. The number of anilines is 1. The normalized spacial score (nSPS) is 10.7. The number of ether oxygens (including phenoxy) is 4. The Bertz CT molecular complexity index is 1080. The molecule has 3 rings (SSSR count). The van der Waals surface area contributed by atoms with E-state index in [0.29, 0.717) is 35.1 Å². The highest BCUT2D eigenvalue weighted by Gasteiger charge is 2.13. The lowest BCUT2D eigenvalue weighted by Crippen LogP contribution is -2.10. The maximum atomic E-state index is 12.0. The molecule has 9 nitrogen and oxygen atoms in total. The van der Waals surface area contributed by atoms with Gasteiger partial charge in [-0.15, -0.1) is 0 Å². The lowest BCUT2D eigenvalue weighted by molar-refractivity contribution is 0.288. The van der Waals surface area contributed by atoms with Gasteiger partial charge in [0.25, 0.3) is 5.56 Å². The van der Waals surface area contributed by atoms with Gasteiger partial charge in [-0.1, -0.05) is 0 Å². The number of benzene rings is 2. The van der Waals surface area contributed by atoms with Crippen molar-refractivity contribution in [1.29, 1.82) is 0 Å². The molecule has 162 valence electrons. The molecule has 0 aliphatic rings. The van der Waals surface area contributed by atoms with E-state index in [1.165, 1.54) is 6.07 Å². The van der Waals surface area contributed by atoms with E-state index >= 15 is 0 Å². The number of nitrogens with zero attached hydrogens (tertiary/aromatic N) is 2. The zero-order valence-electron chi connectivity index (χ0n) is 17.8. The topological polar surface area (TPSA) is 107 Å². The average Bonchev–Trinajstić information content (AvgIpc) is 2.79. The molecule has 0 aliphatic carbocycles. The smallest absolute Gasteiger partial charge is 0.252 e. The Labute approximate surface area is 179 Å². The van der Waals surface area contributed by atoms with Gasteiger partial charge in [0.1, 0.15) is 5.75 Å². The van der Waals surface area contributed by atoms with Crippen molar-refractivity contribution < 1.29 is 18.9 Å². The maximum absolute atomic E-state index is 12.0. The van der Waals surface area contributed by atoms with Crippen LogP contribution in [-0.4, -0.2) is 44.1 Å². The minimum absolute atomic E-state index is 0.208. The van der Waals surface area contributed by atoms with Crippen LogP contribution in [0.3, 0.4) is 0 Å². The molecule has 0 saturated carbocycles. The summed E-state index contributed by atoms with van der Waals surface area (Å²) in [6, 6.07) is 12.2. The van der Waals surface area contributed by atoms with Gasteiger partial charge in [-0.3, -0.25) is 9.78 Å². The molecule has 0 aliphatic heterocycles. The molecule has 0 bridgehead atoms. The van der Waals surface area contributed by atoms with E-state index in [2.05, 4.69) is 20.5 Å². The third-order valence-corrected chi connectivity index (χ3v) is 4.28. The van der Waals surface area contributed by atoms with Crippen molar-refractivity contribution in [3.05, 3.63) is 58.4 Å². The zero-order chi connectivity index (χ0) is 22.2. The number of methoxy groups -OCH3 is 3. The summed E-state index contributed by atoms with van der Waals surface area (Å²) in [5.74, 6) is 2.50. The van der Waals surface area contributed by atoms with Crippen LogP contribution in [0.15, 0.2) is 52.4 Å². The van der Waals surface area contributed by atoms with Gasteiger partial charge in [-0.25, -0.2) is 10.4 Å². The van der Waals surface area contributed by atoms with E-state index in [-0.39, 0.29) is 11.5 Å². The van der Waals surface area contributed by atoms with Gasteiger partial charge in [-0.2, -0.15) is 5.10 Å². The first kappa shape index (κ1) is 21.7. The fourth-order valence-electron chi connectivity index (χ4n) is 2.85. The third-order valence-electron chi connectivity index (χ3n) is 4.28. The van der Waals surface area contributed by atoms with Crippen molar-refractivity contribution in [3.63, 3.8) is 0 Å².